The van der Waals surface area contributed by atoms with Crippen molar-refractivity contribution in [1.29, 1.82) is 0 Å². The van der Waals surface area contributed by atoms with Crippen LogP contribution in [0.2, 0.25) is 0 Å². The summed E-state index contributed by atoms with van der Waals surface area (Å²) in [4.78, 5) is 11.2. The van der Waals surface area contributed by atoms with E-state index in [-0.39, 0.29) is 36.1 Å². The molecule has 3 rings (SSSR count). The van der Waals surface area contributed by atoms with Crippen molar-refractivity contribution in [3.63, 3.8) is 0 Å². The van der Waals surface area contributed by atoms with Crippen LogP contribution in [0, 0.1) is 0 Å². The first-order valence-electron chi connectivity index (χ1n) is 9.60. The van der Waals surface area contributed by atoms with E-state index in [0.717, 1.165) is 35.9 Å². The SMILES string of the molecule is CN=C(NCc1ccnc(N2CCOC(C)C2)c1)NC(C)c1ccccc1Br.I. The molecule has 0 amide bonds. The minimum Gasteiger partial charge on any atom is -0.375 e. The van der Waals surface area contributed by atoms with Crippen LogP contribution in [-0.4, -0.2) is 43.8 Å². The van der Waals surface area contributed by atoms with Crippen molar-refractivity contribution in [1.82, 2.24) is 15.6 Å². The van der Waals surface area contributed by atoms with Crippen molar-refractivity contribution in [2.24, 2.45) is 4.99 Å². The fourth-order valence-electron chi connectivity index (χ4n) is 3.26. The average molecular weight is 574 g/mol. The molecular weight excluding hydrogens is 545 g/mol. The molecule has 8 heteroatoms. The van der Waals surface area contributed by atoms with Crippen LogP contribution in [0.25, 0.3) is 0 Å². The number of halogens is 2. The fourth-order valence-corrected chi connectivity index (χ4v) is 3.89. The zero-order valence-corrected chi connectivity index (χ0v) is 21.0. The Kier molecular flexibility index (Phi) is 9.64. The maximum Gasteiger partial charge on any atom is 0.191 e. The molecule has 1 aliphatic heterocycles. The van der Waals surface area contributed by atoms with Crippen molar-refractivity contribution in [2.45, 2.75) is 32.5 Å². The minimum absolute atomic E-state index is 0. The Balaban J connectivity index is 0.00000300. The van der Waals surface area contributed by atoms with Crippen LogP contribution in [0.3, 0.4) is 0 Å². The molecule has 2 N–H and O–H groups in total. The van der Waals surface area contributed by atoms with Gasteiger partial charge < -0.3 is 20.3 Å². The first-order valence-corrected chi connectivity index (χ1v) is 10.4. The van der Waals surface area contributed by atoms with Crippen molar-refractivity contribution in [3.05, 3.63) is 58.2 Å². The van der Waals surface area contributed by atoms with Gasteiger partial charge >= 0.3 is 0 Å². The van der Waals surface area contributed by atoms with Crippen molar-refractivity contribution in [2.75, 3.05) is 31.6 Å². The van der Waals surface area contributed by atoms with E-state index in [1.54, 1.807) is 7.05 Å². The fraction of sp³-hybridized carbons (Fsp3) is 0.429. The lowest BCUT2D eigenvalue weighted by Crippen LogP contribution is -2.41. The summed E-state index contributed by atoms with van der Waals surface area (Å²) in [5, 5.41) is 6.84. The number of hydrogen-bond donors (Lipinski definition) is 2. The Bertz CT molecular complexity index is 819. The smallest absolute Gasteiger partial charge is 0.191 e. The highest BCUT2D eigenvalue weighted by molar-refractivity contribution is 14.0. The molecule has 158 valence electrons. The maximum absolute atomic E-state index is 5.63. The molecule has 0 radical (unpaired) electrons. The normalized spacial score (nSPS) is 18.0. The number of guanidine groups is 1. The number of aliphatic imine (C=N–C) groups is 1. The van der Waals surface area contributed by atoms with E-state index in [0.29, 0.717) is 6.54 Å². The molecule has 0 spiro atoms. The number of benzene rings is 1. The largest absolute Gasteiger partial charge is 0.375 e. The summed E-state index contributed by atoms with van der Waals surface area (Å²) in [5.74, 6) is 1.76. The van der Waals surface area contributed by atoms with E-state index in [9.17, 15) is 0 Å². The highest BCUT2D eigenvalue weighted by atomic mass is 127. The molecule has 1 saturated heterocycles. The molecule has 29 heavy (non-hydrogen) atoms. The van der Waals surface area contributed by atoms with Crippen LogP contribution in [0.1, 0.15) is 31.0 Å². The Morgan fingerprint density at radius 1 is 1.38 bits per heavy atom. The molecule has 2 heterocycles. The minimum atomic E-state index is 0. The Labute approximate surface area is 198 Å². The molecule has 2 atom stereocenters. The standard InChI is InChI=1S/C21H28BrN5O.HI/c1-15-14-27(10-11-28-15)20-12-17(8-9-24-20)13-25-21(23-3)26-16(2)18-6-4-5-7-19(18)22;/h4-9,12,15-16H,10-11,13-14H2,1-3H3,(H2,23,25,26);1H. The molecular formula is C21H29BrIN5O. The van der Waals surface area contributed by atoms with Crippen LogP contribution in [0.15, 0.2) is 52.1 Å². The van der Waals surface area contributed by atoms with Gasteiger partial charge in [0.2, 0.25) is 0 Å². The number of anilines is 1. The highest BCUT2D eigenvalue weighted by Crippen LogP contribution is 2.22. The number of morpholine rings is 1. The molecule has 0 aliphatic carbocycles. The quantitative estimate of drug-likeness (QED) is 0.320. The van der Waals surface area contributed by atoms with Gasteiger partial charge in [-0.2, -0.15) is 0 Å². The maximum atomic E-state index is 5.63. The number of hydrogen-bond acceptors (Lipinski definition) is 4. The molecule has 2 aromatic rings. The number of ether oxygens (including phenoxy) is 1. The van der Waals surface area contributed by atoms with Crippen LogP contribution < -0.4 is 15.5 Å². The first kappa shape index (κ1) is 23.9. The van der Waals surface area contributed by atoms with Gasteiger partial charge in [-0.05, 0) is 43.2 Å². The van der Waals surface area contributed by atoms with E-state index < -0.39 is 0 Å². The highest BCUT2D eigenvalue weighted by Gasteiger charge is 2.18. The van der Waals surface area contributed by atoms with Gasteiger partial charge in [0.25, 0.3) is 0 Å². The van der Waals surface area contributed by atoms with Crippen LogP contribution in [-0.2, 0) is 11.3 Å². The van der Waals surface area contributed by atoms with Gasteiger partial charge in [0.15, 0.2) is 5.96 Å². The van der Waals surface area contributed by atoms with Crippen molar-refractivity contribution >= 4 is 51.7 Å². The Morgan fingerprint density at radius 3 is 2.90 bits per heavy atom. The Morgan fingerprint density at radius 2 is 2.17 bits per heavy atom. The van der Waals surface area contributed by atoms with E-state index in [4.69, 9.17) is 4.74 Å². The lowest BCUT2D eigenvalue weighted by molar-refractivity contribution is 0.0529. The predicted octanol–water partition coefficient (Wildman–Crippen LogP) is 4.11. The van der Waals surface area contributed by atoms with Crippen LogP contribution in [0.5, 0.6) is 0 Å². The van der Waals surface area contributed by atoms with Crippen LogP contribution >= 0.6 is 39.9 Å². The monoisotopic (exact) mass is 573 g/mol. The van der Waals surface area contributed by atoms with Crippen LogP contribution in [0.4, 0.5) is 5.82 Å². The first-order chi connectivity index (χ1) is 13.6. The summed E-state index contributed by atoms with van der Waals surface area (Å²) < 4.78 is 6.71. The summed E-state index contributed by atoms with van der Waals surface area (Å²) in [6, 6.07) is 12.5. The second-order valence-corrected chi connectivity index (χ2v) is 7.82. The van der Waals surface area contributed by atoms with Gasteiger partial charge in [0.05, 0.1) is 18.8 Å². The number of nitrogens with one attached hydrogen (secondary N) is 2. The molecule has 1 aromatic carbocycles. The van der Waals surface area contributed by atoms with Crippen molar-refractivity contribution in [3.8, 4) is 0 Å². The van der Waals surface area contributed by atoms with Gasteiger partial charge in [-0.15, -0.1) is 24.0 Å². The van der Waals surface area contributed by atoms with Crippen molar-refractivity contribution < 1.29 is 4.74 Å². The number of rotatable bonds is 5. The molecule has 1 fully saturated rings. The summed E-state index contributed by atoms with van der Waals surface area (Å²) in [6.07, 6.45) is 2.10. The topological polar surface area (TPSA) is 61.8 Å². The van der Waals surface area contributed by atoms with E-state index in [1.165, 1.54) is 11.1 Å². The molecule has 0 saturated carbocycles. The number of pyridine rings is 1. The Hall–Kier alpha value is -1.39. The van der Waals surface area contributed by atoms with Gasteiger partial charge in [0, 0.05) is 37.4 Å². The zero-order valence-electron chi connectivity index (χ0n) is 17.1. The third kappa shape index (κ3) is 6.82. The number of nitrogens with zero attached hydrogens (tertiary/aromatic N) is 3. The van der Waals surface area contributed by atoms with Gasteiger partial charge in [0.1, 0.15) is 5.82 Å². The predicted molar refractivity (Wildman–Crippen MR) is 133 cm³/mol. The van der Waals surface area contributed by atoms with Gasteiger partial charge in [-0.3, -0.25) is 4.99 Å². The summed E-state index contributed by atoms with van der Waals surface area (Å²) >= 11 is 3.61. The molecule has 2 unspecified atom stereocenters. The second-order valence-electron chi connectivity index (χ2n) is 6.96. The van der Waals surface area contributed by atoms with E-state index in [1.807, 2.05) is 24.4 Å². The van der Waals surface area contributed by atoms with E-state index >= 15 is 0 Å². The average Bonchev–Trinajstić information content (AvgIpc) is 2.71. The molecule has 0 bridgehead atoms. The number of aromatic nitrogens is 1. The summed E-state index contributed by atoms with van der Waals surface area (Å²) in [6.45, 7) is 7.39. The third-order valence-electron chi connectivity index (χ3n) is 4.78. The lowest BCUT2D eigenvalue weighted by atomic mass is 10.1. The lowest BCUT2D eigenvalue weighted by Gasteiger charge is -2.32. The summed E-state index contributed by atoms with van der Waals surface area (Å²) in [7, 11) is 1.79. The molecule has 6 nitrogen and oxygen atoms in total. The van der Waals surface area contributed by atoms with Gasteiger partial charge in [-0.25, -0.2) is 4.98 Å². The van der Waals surface area contributed by atoms with E-state index in [2.05, 4.69) is 73.5 Å². The molecule has 1 aromatic heterocycles. The zero-order chi connectivity index (χ0) is 19.9. The third-order valence-corrected chi connectivity index (χ3v) is 5.51. The van der Waals surface area contributed by atoms with Gasteiger partial charge in [-0.1, -0.05) is 34.1 Å². The summed E-state index contributed by atoms with van der Waals surface area (Å²) in [5.41, 5.74) is 2.36. The second kappa shape index (κ2) is 11.7. The molecule has 1 aliphatic rings.